The molecule has 0 saturated carbocycles. The van der Waals surface area contributed by atoms with Crippen LogP contribution in [-0.2, 0) is 6.54 Å². The third-order valence-corrected chi connectivity index (χ3v) is 3.82. The zero-order valence-electron chi connectivity index (χ0n) is 11.2. The first-order valence-electron chi connectivity index (χ1n) is 6.38. The van der Waals surface area contributed by atoms with Crippen LogP contribution < -0.4 is 0 Å². The van der Waals surface area contributed by atoms with E-state index in [9.17, 15) is 13.9 Å². The summed E-state index contributed by atoms with van der Waals surface area (Å²) in [6, 6.07) is 5.21. The Balaban J connectivity index is 1.86. The predicted octanol–water partition coefficient (Wildman–Crippen LogP) is 3.58. The summed E-state index contributed by atoms with van der Waals surface area (Å²) in [5.41, 5.74) is 1.51. The monoisotopic (exact) mass is 297 g/mol. The van der Waals surface area contributed by atoms with Crippen LogP contribution in [0.2, 0.25) is 0 Å². The van der Waals surface area contributed by atoms with E-state index in [4.69, 9.17) is 0 Å². The summed E-state index contributed by atoms with van der Waals surface area (Å²) < 4.78 is 26.2. The maximum absolute atomic E-state index is 13.1. The van der Waals surface area contributed by atoms with Crippen molar-refractivity contribution in [2.45, 2.75) is 19.1 Å². The molecule has 2 rings (SSSR count). The summed E-state index contributed by atoms with van der Waals surface area (Å²) in [6.07, 6.45) is -0.422. The van der Waals surface area contributed by atoms with Crippen molar-refractivity contribution < 1.29 is 13.9 Å². The maximum Gasteiger partial charge on any atom is 0.126 e. The van der Waals surface area contributed by atoms with Gasteiger partial charge in [0.15, 0.2) is 0 Å². The van der Waals surface area contributed by atoms with Gasteiger partial charge in [-0.1, -0.05) is 0 Å². The number of nitrogens with zero attached hydrogens (tertiary/aromatic N) is 1. The highest BCUT2D eigenvalue weighted by Crippen LogP contribution is 2.20. The summed E-state index contributed by atoms with van der Waals surface area (Å²) in [7, 11) is 1.95. The van der Waals surface area contributed by atoms with Gasteiger partial charge in [0.05, 0.1) is 6.10 Å². The molecule has 1 atom stereocenters. The standard InChI is InChI=1S/C15H17F2NOS/c1-18(9-11-3-5-20-10-11)4-2-15(19)12-6-13(16)8-14(17)7-12/h3,5-8,10,15,19H,2,4,9H2,1H3. The molecule has 20 heavy (non-hydrogen) atoms. The summed E-state index contributed by atoms with van der Waals surface area (Å²) in [5, 5.41) is 14.1. The SMILES string of the molecule is CN(CCC(O)c1cc(F)cc(F)c1)Cc1ccsc1. The average Bonchev–Trinajstić information content (AvgIpc) is 2.87. The number of benzene rings is 1. The van der Waals surface area contributed by atoms with Crippen molar-refractivity contribution in [2.75, 3.05) is 13.6 Å². The molecule has 0 spiro atoms. The number of thiophene rings is 1. The lowest BCUT2D eigenvalue weighted by molar-refractivity contribution is 0.147. The first-order chi connectivity index (χ1) is 9.54. The van der Waals surface area contributed by atoms with Gasteiger partial charge in [0, 0.05) is 19.2 Å². The predicted molar refractivity (Wildman–Crippen MR) is 76.6 cm³/mol. The second kappa shape index (κ2) is 6.92. The minimum Gasteiger partial charge on any atom is -0.388 e. The summed E-state index contributed by atoms with van der Waals surface area (Å²) in [5.74, 6) is -1.32. The molecule has 0 radical (unpaired) electrons. The van der Waals surface area contributed by atoms with E-state index in [0.29, 0.717) is 13.0 Å². The summed E-state index contributed by atoms with van der Waals surface area (Å²) in [4.78, 5) is 2.07. The van der Waals surface area contributed by atoms with Crippen LogP contribution in [0.25, 0.3) is 0 Å². The quantitative estimate of drug-likeness (QED) is 0.881. The minimum absolute atomic E-state index is 0.284. The zero-order chi connectivity index (χ0) is 14.5. The lowest BCUT2D eigenvalue weighted by atomic mass is 10.1. The lowest BCUT2D eigenvalue weighted by Crippen LogP contribution is -2.20. The van der Waals surface area contributed by atoms with Crippen molar-refractivity contribution in [1.29, 1.82) is 0 Å². The Labute approximate surface area is 121 Å². The van der Waals surface area contributed by atoms with Crippen molar-refractivity contribution in [3.8, 4) is 0 Å². The van der Waals surface area contributed by atoms with Gasteiger partial charge < -0.3 is 10.0 Å². The van der Waals surface area contributed by atoms with E-state index in [1.54, 1.807) is 11.3 Å². The number of halogens is 2. The second-order valence-electron chi connectivity index (χ2n) is 4.88. The number of hydrogen-bond acceptors (Lipinski definition) is 3. The molecular weight excluding hydrogens is 280 g/mol. The Kier molecular flexibility index (Phi) is 5.23. The van der Waals surface area contributed by atoms with E-state index in [0.717, 1.165) is 12.6 Å². The fourth-order valence-electron chi connectivity index (χ4n) is 2.05. The molecule has 0 bridgehead atoms. The van der Waals surface area contributed by atoms with E-state index >= 15 is 0 Å². The molecule has 0 fully saturated rings. The van der Waals surface area contributed by atoms with Gasteiger partial charge in [-0.3, -0.25) is 0 Å². The Morgan fingerprint density at radius 1 is 1.25 bits per heavy atom. The van der Waals surface area contributed by atoms with Gasteiger partial charge in [-0.05, 0) is 53.6 Å². The van der Waals surface area contributed by atoms with Crippen molar-refractivity contribution >= 4 is 11.3 Å². The number of rotatable bonds is 6. The summed E-state index contributed by atoms with van der Waals surface area (Å²) >= 11 is 1.65. The molecule has 1 N–H and O–H groups in total. The van der Waals surface area contributed by atoms with Crippen molar-refractivity contribution in [1.82, 2.24) is 4.90 Å². The third kappa shape index (κ3) is 4.37. The Bertz CT molecular complexity index is 525. The molecule has 108 valence electrons. The van der Waals surface area contributed by atoms with Gasteiger partial charge in [0.2, 0.25) is 0 Å². The van der Waals surface area contributed by atoms with E-state index in [-0.39, 0.29) is 5.56 Å². The summed E-state index contributed by atoms with van der Waals surface area (Å²) in [6.45, 7) is 1.45. The second-order valence-corrected chi connectivity index (χ2v) is 5.66. The van der Waals surface area contributed by atoms with Crippen LogP contribution in [0.5, 0.6) is 0 Å². The van der Waals surface area contributed by atoms with Gasteiger partial charge in [-0.15, -0.1) is 0 Å². The smallest absolute Gasteiger partial charge is 0.126 e. The minimum atomic E-state index is -0.856. The van der Waals surface area contributed by atoms with Gasteiger partial charge in [-0.25, -0.2) is 8.78 Å². The van der Waals surface area contributed by atoms with Gasteiger partial charge in [0.1, 0.15) is 11.6 Å². The number of aliphatic hydroxyl groups excluding tert-OH is 1. The van der Waals surface area contributed by atoms with E-state index in [1.807, 2.05) is 12.4 Å². The largest absolute Gasteiger partial charge is 0.388 e. The van der Waals surface area contributed by atoms with Crippen molar-refractivity contribution in [2.24, 2.45) is 0 Å². The maximum atomic E-state index is 13.1. The third-order valence-electron chi connectivity index (χ3n) is 3.09. The van der Waals surface area contributed by atoms with Crippen LogP contribution in [0.4, 0.5) is 8.78 Å². The normalized spacial score (nSPS) is 12.8. The van der Waals surface area contributed by atoms with Crippen molar-refractivity contribution in [3.05, 3.63) is 57.8 Å². The molecule has 0 aliphatic carbocycles. The molecule has 1 aromatic carbocycles. The molecule has 1 unspecified atom stereocenters. The average molecular weight is 297 g/mol. The lowest BCUT2D eigenvalue weighted by Gasteiger charge is -2.18. The molecule has 2 nitrogen and oxygen atoms in total. The Hall–Kier alpha value is -1.30. The fourth-order valence-corrected chi connectivity index (χ4v) is 2.71. The zero-order valence-corrected chi connectivity index (χ0v) is 12.0. The molecular formula is C15H17F2NOS. The first-order valence-corrected chi connectivity index (χ1v) is 7.32. The molecule has 5 heteroatoms. The molecule has 2 aromatic rings. The molecule has 1 heterocycles. The van der Waals surface area contributed by atoms with Crippen LogP contribution >= 0.6 is 11.3 Å². The van der Waals surface area contributed by atoms with Crippen LogP contribution in [0, 0.1) is 11.6 Å². The van der Waals surface area contributed by atoms with Gasteiger partial charge in [-0.2, -0.15) is 11.3 Å². The Morgan fingerprint density at radius 3 is 2.55 bits per heavy atom. The van der Waals surface area contributed by atoms with Crippen LogP contribution in [-0.4, -0.2) is 23.6 Å². The van der Waals surface area contributed by atoms with Gasteiger partial charge >= 0.3 is 0 Å². The van der Waals surface area contributed by atoms with Crippen molar-refractivity contribution in [3.63, 3.8) is 0 Å². The first kappa shape index (κ1) is 15.1. The molecule has 0 amide bonds. The molecule has 0 aliphatic heterocycles. The Morgan fingerprint density at radius 2 is 1.95 bits per heavy atom. The van der Waals surface area contributed by atoms with E-state index in [2.05, 4.69) is 16.3 Å². The fraction of sp³-hybridized carbons (Fsp3) is 0.333. The van der Waals surface area contributed by atoms with Gasteiger partial charge in [0.25, 0.3) is 0 Å². The van der Waals surface area contributed by atoms with Crippen LogP contribution in [0.15, 0.2) is 35.0 Å². The number of aliphatic hydroxyl groups is 1. The highest BCUT2D eigenvalue weighted by Gasteiger charge is 2.12. The molecule has 0 aliphatic rings. The highest BCUT2D eigenvalue weighted by atomic mass is 32.1. The van der Waals surface area contributed by atoms with E-state index < -0.39 is 17.7 Å². The van der Waals surface area contributed by atoms with Crippen LogP contribution in [0.1, 0.15) is 23.7 Å². The van der Waals surface area contributed by atoms with E-state index in [1.165, 1.54) is 17.7 Å². The topological polar surface area (TPSA) is 23.5 Å². The van der Waals surface area contributed by atoms with Crippen LogP contribution in [0.3, 0.4) is 0 Å². The molecule has 1 aromatic heterocycles. The number of hydrogen-bond donors (Lipinski definition) is 1. The highest BCUT2D eigenvalue weighted by molar-refractivity contribution is 7.07. The molecule has 0 saturated heterocycles.